The second kappa shape index (κ2) is 8.00. The molecule has 0 bridgehead atoms. The van der Waals surface area contributed by atoms with Gasteiger partial charge in [0.05, 0.1) is 0 Å². The first-order chi connectivity index (χ1) is 8.58. The Bertz CT molecular complexity index is 434. The van der Waals surface area contributed by atoms with E-state index in [9.17, 15) is 4.79 Å². The summed E-state index contributed by atoms with van der Waals surface area (Å²) < 4.78 is 0. The second-order valence-corrected chi connectivity index (χ2v) is 5.96. The first-order valence-electron chi connectivity index (χ1n) is 6.29. The van der Waals surface area contributed by atoms with Gasteiger partial charge in [0.25, 0.3) is 0 Å². The molecule has 18 heavy (non-hydrogen) atoms. The topological polar surface area (TPSA) is 17.1 Å². The van der Waals surface area contributed by atoms with Gasteiger partial charge in [0, 0.05) is 24.7 Å². The molecule has 0 heterocycles. The highest BCUT2D eigenvalue weighted by atomic mass is 32.2. The number of carbonyl (C=O) groups is 1. The summed E-state index contributed by atoms with van der Waals surface area (Å²) in [6.45, 7) is 6.03. The molecule has 1 aromatic rings. The van der Waals surface area contributed by atoms with Crippen molar-refractivity contribution in [1.29, 1.82) is 0 Å². The van der Waals surface area contributed by atoms with Crippen LogP contribution in [-0.2, 0) is 11.2 Å². The van der Waals surface area contributed by atoms with E-state index in [4.69, 9.17) is 0 Å². The third kappa shape index (κ3) is 6.51. The Morgan fingerprint density at radius 1 is 1.28 bits per heavy atom. The molecule has 0 aliphatic carbocycles. The highest BCUT2D eigenvalue weighted by Gasteiger charge is 1.96. The van der Waals surface area contributed by atoms with E-state index in [1.54, 1.807) is 6.92 Å². The van der Waals surface area contributed by atoms with Gasteiger partial charge in [-0.25, -0.2) is 0 Å². The van der Waals surface area contributed by atoms with Crippen LogP contribution in [0, 0.1) is 17.8 Å². The van der Waals surface area contributed by atoms with E-state index < -0.39 is 0 Å². The minimum Gasteiger partial charge on any atom is -0.288 e. The number of hydrogen-bond acceptors (Lipinski definition) is 2. The van der Waals surface area contributed by atoms with Crippen molar-refractivity contribution in [3.05, 3.63) is 35.4 Å². The summed E-state index contributed by atoms with van der Waals surface area (Å²) in [6.07, 6.45) is 1.88. The summed E-state index contributed by atoms with van der Waals surface area (Å²) in [4.78, 5) is 10.7. The Labute approximate surface area is 114 Å². The minimum absolute atomic E-state index is 0.162. The molecule has 0 aromatic heterocycles. The molecule has 0 aliphatic rings. The smallest absolute Gasteiger partial charge is 0.185 e. The van der Waals surface area contributed by atoms with Crippen LogP contribution in [0.4, 0.5) is 0 Å². The summed E-state index contributed by atoms with van der Waals surface area (Å²) in [6, 6.07) is 8.44. The van der Waals surface area contributed by atoms with Crippen LogP contribution < -0.4 is 0 Å². The first kappa shape index (κ1) is 14.9. The van der Waals surface area contributed by atoms with Gasteiger partial charge in [-0.05, 0) is 30.0 Å². The van der Waals surface area contributed by atoms with Gasteiger partial charge < -0.3 is 0 Å². The summed E-state index contributed by atoms with van der Waals surface area (Å²) >= 11 is 1.33. The SMILES string of the molecule is CC(=O)SCCC#Cc1ccc(CC(C)C)cc1. The molecule has 1 nitrogen and oxygen atoms in total. The summed E-state index contributed by atoms with van der Waals surface area (Å²) in [5, 5.41) is 0.162. The van der Waals surface area contributed by atoms with Gasteiger partial charge in [0.15, 0.2) is 5.12 Å². The van der Waals surface area contributed by atoms with Crippen LogP contribution in [0.2, 0.25) is 0 Å². The van der Waals surface area contributed by atoms with Crippen molar-refractivity contribution in [3.63, 3.8) is 0 Å². The summed E-state index contributed by atoms with van der Waals surface area (Å²) in [7, 11) is 0. The van der Waals surface area contributed by atoms with E-state index in [2.05, 4.69) is 50.0 Å². The van der Waals surface area contributed by atoms with Crippen molar-refractivity contribution in [2.24, 2.45) is 5.92 Å². The molecule has 96 valence electrons. The predicted molar refractivity (Wildman–Crippen MR) is 79.6 cm³/mol. The molecule has 0 saturated carbocycles. The number of rotatable bonds is 4. The second-order valence-electron chi connectivity index (χ2n) is 4.69. The quantitative estimate of drug-likeness (QED) is 0.603. The zero-order chi connectivity index (χ0) is 13.4. The highest BCUT2D eigenvalue weighted by molar-refractivity contribution is 8.13. The third-order valence-corrected chi connectivity index (χ3v) is 3.18. The monoisotopic (exact) mass is 260 g/mol. The largest absolute Gasteiger partial charge is 0.288 e. The van der Waals surface area contributed by atoms with Gasteiger partial charge in [-0.1, -0.05) is 49.6 Å². The van der Waals surface area contributed by atoms with Crippen molar-refractivity contribution in [1.82, 2.24) is 0 Å². The molecule has 0 fully saturated rings. The molecule has 0 unspecified atom stereocenters. The summed E-state index contributed by atoms with van der Waals surface area (Å²) in [5.41, 5.74) is 2.41. The fraction of sp³-hybridized carbons (Fsp3) is 0.438. The van der Waals surface area contributed by atoms with Gasteiger partial charge in [-0.2, -0.15) is 0 Å². The zero-order valence-electron chi connectivity index (χ0n) is 11.3. The Morgan fingerprint density at radius 3 is 2.50 bits per heavy atom. The maximum Gasteiger partial charge on any atom is 0.185 e. The molecule has 0 amide bonds. The van der Waals surface area contributed by atoms with Crippen molar-refractivity contribution in [2.45, 2.75) is 33.6 Å². The fourth-order valence-electron chi connectivity index (χ4n) is 1.61. The average Bonchev–Trinajstić information content (AvgIpc) is 2.30. The van der Waals surface area contributed by atoms with Crippen LogP contribution >= 0.6 is 11.8 Å². The van der Waals surface area contributed by atoms with E-state index >= 15 is 0 Å². The lowest BCUT2D eigenvalue weighted by Gasteiger charge is -2.04. The van der Waals surface area contributed by atoms with Crippen molar-refractivity contribution < 1.29 is 4.79 Å². The van der Waals surface area contributed by atoms with E-state index in [1.807, 2.05) is 0 Å². The molecule has 0 N–H and O–H groups in total. The van der Waals surface area contributed by atoms with Gasteiger partial charge >= 0.3 is 0 Å². The van der Waals surface area contributed by atoms with Gasteiger partial charge in [-0.3, -0.25) is 4.79 Å². The number of benzene rings is 1. The molecule has 0 atom stereocenters. The molecule has 1 aromatic carbocycles. The molecule has 2 heteroatoms. The maximum atomic E-state index is 10.7. The Morgan fingerprint density at radius 2 is 1.94 bits per heavy atom. The molecule has 0 spiro atoms. The Balaban J connectivity index is 2.43. The average molecular weight is 260 g/mol. The third-order valence-electron chi connectivity index (χ3n) is 2.36. The maximum absolute atomic E-state index is 10.7. The van der Waals surface area contributed by atoms with E-state index in [1.165, 1.54) is 17.3 Å². The minimum atomic E-state index is 0.162. The standard InChI is InChI=1S/C16H20OS/c1-13(2)12-16-9-7-15(8-10-16)6-4-5-11-18-14(3)17/h7-10,13H,5,11-12H2,1-3H3. The van der Waals surface area contributed by atoms with Crippen LogP contribution in [0.1, 0.15) is 38.3 Å². The number of carbonyl (C=O) groups excluding carboxylic acids is 1. The fourth-order valence-corrected chi connectivity index (χ4v) is 2.10. The molecule has 0 saturated heterocycles. The van der Waals surface area contributed by atoms with Crippen LogP contribution in [-0.4, -0.2) is 10.9 Å². The highest BCUT2D eigenvalue weighted by Crippen LogP contribution is 2.09. The van der Waals surface area contributed by atoms with Crippen molar-refractivity contribution >= 4 is 16.9 Å². The van der Waals surface area contributed by atoms with Gasteiger partial charge in [0.1, 0.15) is 0 Å². The molecule has 0 aliphatic heterocycles. The van der Waals surface area contributed by atoms with Gasteiger partial charge in [-0.15, -0.1) is 0 Å². The zero-order valence-corrected chi connectivity index (χ0v) is 12.1. The summed E-state index contributed by atoms with van der Waals surface area (Å²) in [5.74, 6) is 7.69. The van der Waals surface area contributed by atoms with E-state index in [0.717, 1.165) is 24.2 Å². The first-order valence-corrected chi connectivity index (χ1v) is 7.27. The molecule has 1 rings (SSSR count). The molecular formula is C16H20OS. The molecular weight excluding hydrogens is 240 g/mol. The van der Waals surface area contributed by atoms with Crippen LogP contribution in [0.15, 0.2) is 24.3 Å². The Kier molecular flexibility index (Phi) is 6.60. The molecule has 0 radical (unpaired) electrons. The number of hydrogen-bond donors (Lipinski definition) is 0. The van der Waals surface area contributed by atoms with Crippen LogP contribution in [0.5, 0.6) is 0 Å². The Hall–Kier alpha value is -1.20. The predicted octanol–water partition coefficient (Wildman–Crippen LogP) is 3.91. The lowest BCUT2D eigenvalue weighted by Crippen LogP contribution is -1.93. The van der Waals surface area contributed by atoms with E-state index in [-0.39, 0.29) is 5.12 Å². The van der Waals surface area contributed by atoms with Gasteiger partial charge in [0.2, 0.25) is 0 Å². The van der Waals surface area contributed by atoms with E-state index in [0.29, 0.717) is 5.92 Å². The van der Waals surface area contributed by atoms with Crippen LogP contribution in [0.25, 0.3) is 0 Å². The van der Waals surface area contributed by atoms with Crippen molar-refractivity contribution in [2.75, 3.05) is 5.75 Å². The van der Waals surface area contributed by atoms with Crippen LogP contribution in [0.3, 0.4) is 0 Å². The van der Waals surface area contributed by atoms with Crippen molar-refractivity contribution in [3.8, 4) is 11.8 Å². The normalized spacial score (nSPS) is 10.0. The lowest BCUT2D eigenvalue weighted by atomic mass is 10.0. The number of thioether (sulfide) groups is 1. The lowest BCUT2D eigenvalue weighted by molar-refractivity contribution is -0.109.